The Hall–Kier alpha value is -2.24. The van der Waals surface area contributed by atoms with Crippen molar-refractivity contribution in [1.29, 1.82) is 0 Å². The van der Waals surface area contributed by atoms with Crippen LogP contribution in [0.25, 0.3) is 0 Å². The van der Waals surface area contributed by atoms with Crippen molar-refractivity contribution in [2.45, 2.75) is 20.4 Å². The van der Waals surface area contributed by atoms with Gasteiger partial charge in [0.25, 0.3) is 5.91 Å². The molecule has 2 aromatic rings. The van der Waals surface area contributed by atoms with Gasteiger partial charge in [0.2, 0.25) is 0 Å². The van der Waals surface area contributed by atoms with Gasteiger partial charge in [-0.15, -0.1) is 5.10 Å². The molecule has 0 aliphatic heterocycles. The fraction of sp³-hybridized carbons (Fsp3) is 0.333. The summed E-state index contributed by atoms with van der Waals surface area (Å²) in [7, 11) is 1.73. The molecule has 2 rings (SSSR count). The largest absolute Gasteiger partial charge is 0.345 e. The van der Waals surface area contributed by atoms with Crippen molar-refractivity contribution in [2.24, 2.45) is 7.05 Å². The van der Waals surface area contributed by atoms with Crippen LogP contribution in [0.3, 0.4) is 0 Å². The average Bonchev–Trinajstić information content (AvgIpc) is 2.75. The van der Waals surface area contributed by atoms with Gasteiger partial charge < -0.3 is 5.32 Å². The maximum absolute atomic E-state index is 11.9. The van der Waals surface area contributed by atoms with Crippen LogP contribution in [0.15, 0.2) is 18.2 Å². The number of aryl methyl sites for hydroxylation is 3. The summed E-state index contributed by atoms with van der Waals surface area (Å²) in [6.45, 7) is 4.32. The molecule has 6 heteroatoms. The molecule has 1 heterocycles. The summed E-state index contributed by atoms with van der Waals surface area (Å²) in [6.07, 6.45) is 0. The number of carbonyl (C=O) groups is 1. The highest BCUT2D eigenvalue weighted by Crippen LogP contribution is 2.09. The van der Waals surface area contributed by atoms with E-state index in [-0.39, 0.29) is 5.91 Å². The zero-order valence-electron chi connectivity index (χ0n) is 10.6. The number of tetrazole rings is 1. The molecule has 1 aromatic carbocycles. The summed E-state index contributed by atoms with van der Waals surface area (Å²) >= 11 is 0. The zero-order valence-corrected chi connectivity index (χ0v) is 10.6. The molecule has 0 atom stereocenters. The predicted molar refractivity (Wildman–Crippen MR) is 65.9 cm³/mol. The van der Waals surface area contributed by atoms with Gasteiger partial charge in [-0.05, 0) is 47.5 Å². The zero-order chi connectivity index (χ0) is 13.1. The summed E-state index contributed by atoms with van der Waals surface area (Å²) < 4.78 is 1.53. The number of rotatable bonds is 3. The van der Waals surface area contributed by atoms with Crippen molar-refractivity contribution < 1.29 is 4.79 Å². The Kier molecular flexibility index (Phi) is 3.36. The summed E-state index contributed by atoms with van der Waals surface area (Å²) in [5, 5.41) is 13.8. The van der Waals surface area contributed by atoms with Gasteiger partial charge in [0.15, 0.2) is 5.82 Å². The van der Waals surface area contributed by atoms with Crippen molar-refractivity contribution >= 4 is 5.91 Å². The van der Waals surface area contributed by atoms with Crippen molar-refractivity contribution in [3.63, 3.8) is 0 Å². The normalized spacial score (nSPS) is 10.4. The van der Waals surface area contributed by atoms with E-state index in [1.807, 2.05) is 32.0 Å². The van der Waals surface area contributed by atoms with Crippen LogP contribution in [0.4, 0.5) is 0 Å². The van der Waals surface area contributed by atoms with Crippen LogP contribution in [0.2, 0.25) is 0 Å². The minimum absolute atomic E-state index is 0.124. The second-order valence-electron chi connectivity index (χ2n) is 4.20. The third-order valence-electron chi connectivity index (χ3n) is 2.88. The predicted octanol–water partition coefficient (Wildman–Crippen LogP) is 0.757. The summed E-state index contributed by atoms with van der Waals surface area (Å²) in [5.41, 5.74) is 2.92. The van der Waals surface area contributed by atoms with E-state index < -0.39 is 0 Å². The van der Waals surface area contributed by atoms with E-state index in [0.29, 0.717) is 17.9 Å². The quantitative estimate of drug-likeness (QED) is 0.866. The molecule has 0 unspecified atom stereocenters. The highest BCUT2D eigenvalue weighted by molar-refractivity contribution is 5.94. The third kappa shape index (κ3) is 2.53. The Morgan fingerprint density at radius 3 is 2.72 bits per heavy atom. The lowest BCUT2D eigenvalue weighted by Crippen LogP contribution is -2.24. The lowest BCUT2D eigenvalue weighted by molar-refractivity contribution is 0.0949. The molecule has 1 N–H and O–H groups in total. The van der Waals surface area contributed by atoms with Crippen LogP contribution in [0.5, 0.6) is 0 Å². The van der Waals surface area contributed by atoms with Gasteiger partial charge in [-0.1, -0.05) is 6.07 Å². The number of hydrogen-bond acceptors (Lipinski definition) is 4. The van der Waals surface area contributed by atoms with Crippen LogP contribution in [-0.2, 0) is 13.6 Å². The Morgan fingerprint density at radius 2 is 2.11 bits per heavy atom. The molecule has 6 nitrogen and oxygen atoms in total. The van der Waals surface area contributed by atoms with E-state index >= 15 is 0 Å². The first-order chi connectivity index (χ1) is 8.58. The molecule has 0 aliphatic carbocycles. The molecule has 94 valence electrons. The van der Waals surface area contributed by atoms with Gasteiger partial charge in [-0.3, -0.25) is 4.79 Å². The third-order valence-corrected chi connectivity index (χ3v) is 2.88. The van der Waals surface area contributed by atoms with Crippen molar-refractivity contribution in [1.82, 2.24) is 25.5 Å². The van der Waals surface area contributed by atoms with Crippen LogP contribution in [-0.4, -0.2) is 26.1 Å². The molecule has 0 bridgehead atoms. The van der Waals surface area contributed by atoms with Gasteiger partial charge in [0, 0.05) is 12.6 Å². The Balaban J connectivity index is 2.04. The highest BCUT2D eigenvalue weighted by atomic mass is 16.1. The first-order valence-electron chi connectivity index (χ1n) is 5.64. The maximum Gasteiger partial charge on any atom is 0.251 e. The molecule has 1 aromatic heterocycles. The van der Waals surface area contributed by atoms with Crippen LogP contribution in [0.1, 0.15) is 27.3 Å². The number of hydrogen-bond donors (Lipinski definition) is 1. The van der Waals surface area contributed by atoms with Crippen LogP contribution < -0.4 is 5.32 Å². The molecule has 0 radical (unpaired) electrons. The summed E-state index contributed by atoms with van der Waals surface area (Å²) in [6, 6.07) is 5.63. The highest BCUT2D eigenvalue weighted by Gasteiger charge is 2.08. The Bertz CT molecular complexity index is 576. The smallest absolute Gasteiger partial charge is 0.251 e. The Labute approximate surface area is 105 Å². The number of benzene rings is 1. The number of aromatic nitrogens is 4. The van der Waals surface area contributed by atoms with E-state index in [9.17, 15) is 4.79 Å². The van der Waals surface area contributed by atoms with Gasteiger partial charge >= 0.3 is 0 Å². The van der Waals surface area contributed by atoms with Gasteiger partial charge in [0.1, 0.15) is 0 Å². The molecular weight excluding hydrogens is 230 g/mol. The van der Waals surface area contributed by atoms with E-state index in [0.717, 1.165) is 5.56 Å². The van der Waals surface area contributed by atoms with E-state index in [2.05, 4.69) is 20.8 Å². The van der Waals surface area contributed by atoms with Crippen molar-refractivity contribution in [3.8, 4) is 0 Å². The van der Waals surface area contributed by atoms with Crippen molar-refractivity contribution in [3.05, 3.63) is 40.7 Å². The molecule has 1 amide bonds. The minimum Gasteiger partial charge on any atom is -0.345 e. The number of nitrogens with one attached hydrogen (secondary N) is 1. The SMILES string of the molecule is Cc1ccc(C(=O)NCc2nnnn2C)cc1C. The second-order valence-corrected chi connectivity index (χ2v) is 4.20. The van der Waals surface area contributed by atoms with Crippen molar-refractivity contribution in [2.75, 3.05) is 0 Å². The average molecular weight is 245 g/mol. The maximum atomic E-state index is 11.9. The molecule has 18 heavy (non-hydrogen) atoms. The fourth-order valence-electron chi connectivity index (χ4n) is 1.54. The molecule has 0 spiro atoms. The topological polar surface area (TPSA) is 72.7 Å². The number of amides is 1. The molecule has 0 saturated carbocycles. The number of carbonyl (C=O) groups excluding carboxylic acids is 1. The molecule has 0 fully saturated rings. The van der Waals surface area contributed by atoms with Crippen LogP contribution in [0, 0.1) is 13.8 Å². The van der Waals surface area contributed by atoms with Gasteiger partial charge in [-0.2, -0.15) is 0 Å². The minimum atomic E-state index is -0.124. The Morgan fingerprint density at radius 1 is 1.33 bits per heavy atom. The lowest BCUT2D eigenvalue weighted by Gasteiger charge is -2.06. The molecular formula is C12H15N5O. The van der Waals surface area contributed by atoms with E-state index in [1.165, 1.54) is 10.2 Å². The monoisotopic (exact) mass is 245 g/mol. The first kappa shape index (κ1) is 12.2. The van der Waals surface area contributed by atoms with E-state index in [1.54, 1.807) is 7.05 Å². The van der Waals surface area contributed by atoms with Gasteiger partial charge in [-0.25, -0.2) is 4.68 Å². The van der Waals surface area contributed by atoms with Crippen LogP contribution >= 0.6 is 0 Å². The van der Waals surface area contributed by atoms with E-state index in [4.69, 9.17) is 0 Å². The first-order valence-corrected chi connectivity index (χ1v) is 5.64. The molecule has 0 aliphatic rings. The molecule has 0 saturated heterocycles. The van der Waals surface area contributed by atoms with Gasteiger partial charge in [0.05, 0.1) is 6.54 Å². The second kappa shape index (κ2) is 4.95. The lowest BCUT2D eigenvalue weighted by atomic mass is 10.1. The fourth-order valence-corrected chi connectivity index (χ4v) is 1.54. The standard InChI is InChI=1S/C12H15N5O/c1-8-4-5-10(6-9(8)2)12(18)13-7-11-14-15-16-17(11)3/h4-6H,7H2,1-3H3,(H,13,18). The number of nitrogens with zero attached hydrogens (tertiary/aromatic N) is 4. The summed E-state index contributed by atoms with van der Waals surface area (Å²) in [5.74, 6) is 0.494. The summed E-state index contributed by atoms with van der Waals surface area (Å²) in [4.78, 5) is 11.9.